The second-order valence-electron chi connectivity index (χ2n) is 10.5. The number of nitrogens with one attached hydrogen (secondary N) is 3. The molecule has 6 nitrogen and oxygen atoms in total. The number of anilines is 2. The maximum atomic E-state index is 13.7. The van der Waals surface area contributed by atoms with E-state index in [0.717, 1.165) is 34.2 Å². The first-order valence-corrected chi connectivity index (χ1v) is 15.6. The van der Waals surface area contributed by atoms with Crippen LogP contribution in [0, 0.1) is 0 Å². The molecule has 47 heavy (non-hydrogen) atoms. The van der Waals surface area contributed by atoms with Gasteiger partial charge in [0.15, 0.2) is 0 Å². The fourth-order valence-corrected chi connectivity index (χ4v) is 5.87. The van der Waals surface area contributed by atoms with Gasteiger partial charge in [-0.15, -0.1) is 11.8 Å². The van der Waals surface area contributed by atoms with Crippen molar-refractivity contribution in [2.24, 2.45) is 0 Å². The summed E-state index contributed by atoms with van der Waals surface area (Å²) in [6.45, 7) is 1.76. The summed E-state index contributed by atoms with van der Waals surface area (Å²) in [6.07, 6.45) is -2.66. The summed E-state index contributed by atoms with van der Waals surface area (Å²) in [5.74, 6) is -1.61. The Bertz CT molecular complexity index is 1940. The van der Waals surface area contributed by atoms with Gasteiger partial charge in [-0.05, 0) is 71.3 Å². The highest BCUT2D eigenvalue weighted by Crippen LogP contribution is 2.35. The fourth-order valence-electron chi connectivity index (χ4n) is 4.86. The lowest BCUT2D eigenvalue weighted by Crippen LogP contribution is -2.30. The summed E-state index contributed by atoms with van der Waals surface area (Å²) in [5, 5.41) is 9.15. The molecule has 0 aliphatic rings. The molecule has 0 fully saturated rings. The summed E-state index contributed by atoms with van der Waals surface area (Å²) in [7, 11) is 0. The van der Waals surface area contributed by atoms with Gasteiger partial charge in [0.2, 0.25) is 5.91 Å². The summed E-state index contributed by atoms with van der Waals surface area (Å²) in [4.78, 5) is 40.4. The molecule has 3 amide bonds. The maximum absolute atomic E-state index is 13.7. The second kappa shape index (κ2) is 14.8. The molecule has 0 saturated carbocycles. The average Bonchev–Trinajstić information content (AvgIpc) is 3.07. The molecule has 0 aliphatic heterocycles. The van der Waals surface area contributed by atoms with Crippen molar-refractivity contribution >= 4 is 57.7 Å². The molecular weight excluding hydrogens is 623 g/mol. The lowest BCUT2D eigenvalue weighted by molar-refractivity contribution is -0.137. The van der Waals surface area contributed by atoms with Crippen LogP contribution in [0.1, 0.15) is 34.8 Å². The van der Waals surface area contributed by atoms with E-state index < -0.39 is 34.7 Å². The number of alkyl halides is 3. The predicted octanol–water partition coefficient (Wildman–Crippen LogP) is 8.78. The van der Waals surface area contributed by atoms with Crippen molar-refractivity contribution in [1.82, 2.24) is 5.32 Å². The number of benzene rings is 5. The molecule has 10 heteroatoms. The first kappa shape index (κ1) is 33.0. The molecule has 0 spiro atoms. The third-order valence-corrected chi connectivity index (χ3v) is 8.53. The Balaban J connectivity index is 1.36. The predicted molar refractivity (Wildman–Crippen MR) is 181 cm³/mol. The van der Waals surface area contributed by atoms with Gasteiger partial charge in [-0.1, -0.05) is 85.8 Å². The quantitative estimate of drug-likeness (QED) is 0.104. The van der Waals surface area contributed by atoms with Crippen molar-refractivity contribution in [3.8, 4) is 0 Å². The maximum Gasteiger partial charge on any atom is 0.418 e. The van der Waals surface area contributed by atoms with Crippen molar-refractivity contribution in [2.45, 2.75) is 29.7 Å². The Kier molecular flexibility index (Phi) is 10.4. The van der Waals surface area contributed by atoms with Crippen LogP contribution in [0.4, 0.5) is 24.5 Å². The first-order chi connectivity index (χ1) is 22.6. The van der Waals surface area contributed by atoms with Crippen molar-refractivity contribution < 1.29 is 27.6 Å². The highest BCUT2D eigenvalue weighted by atomic mass is 32.2. The van der Waals surface area contributed by atoms with E-state index in [1.54, 1.807) is 67.6 Å². The minimum absolute atomic E-state index is 0.0161. The Hall–Kier alpha value is -5.35. The zero-order valence-corrected chi connectivity index (χ0v) is 26.0. The van der Waals surface area contributed by atoms with Crippen LogP contribution in [0.2, 0.25) is 0 Å². The zero-order valence-electron chi connectivity index (χ0n) is 25.2. The normalized spacial score (nSPS) is 12.3. The Morgan fingerprint density at radius 2 is 1.47 bits per heavy atom. The smallest absolute Gasteiger partial charge is 0.325 e. The molecule has 1 unspecified atom stereocenters. The molecule has 0 aromatic heterocycles. The third kappa shape index (κ3) is 8.47. The Morgan fingerprint density at radius 1 is 0.787 bits per heavy atom. The number of thioether (sulfide) groups is 1. The molecule has 0 heterocycles. The van der Waals surface area contributed by atoms with Crippen LogP contribution in [0.5, 0.6) is 0 Å². The van der Waals surface area contributed by atoms with Gasteiger partial charge in [0.25, 0.3) is 11.8 Å². The molecular formula is C37H30F3N3O3S. The molecule has 5 rings (SSSR count). The summed E-state index contributed by atoms with van der Waals surface area (Å²) < 4.78 is 40.4. The van der Waals surface area contributed by atoms with Gasteiger partial charge in [0.05, 0.1) is 16.5 Å². The van der Waals surface area contributed by atoms with Crippen LogP contribution in [-0.4, -0.2) is 23.0 Å². The molecule has 3 N–H and O–H groups in total. The minimum atomic E-state index is -4.62. The Labute approximate surface area is 274 Å². The van der Waals surface area contributed by atoms with Crippen LogP contribution in [0.3, 0.4) is 0 Å². The number of fused-ring (bicyclic) bond motifs is 1. The molecule has 0 bridgehead atoms. The number of hydrogen-bond donors (Lipinski definition) is 3. The van der Waals surface area contributed by atoms with E-state index in [1.807, 2.05) is 42.5 Å². The molecule has 0 radical (unpaired) electrons. The summed E-state index contributed by atoms with van der Waals surface area (Å²) >= 11 is 1.16. The minimum Gasteiger partial charge on any atom is -0.325 e. The van der Waals surface area contributed by atoms with Gasteiger partial charge in [0, 0.05) is 16.1 Å². The number of amides is 3. The van der Waals surface area contributed by atoms with E-state index in [9.17, 15) is 27.6 Å². The number of rotatable bonds is 10. The van der Waals surface area contributed by atoms with E-state index in [-0.39, 0.29) is 11.4 Å². The fraction of sp³-hybridized carbons (Fsp3) is 0.108. The van der Waals surface area contributed by atoms with Crippen LogP contribution in [0.25, 0.3) is 16.8 Å². The molecule has 0 aliphatic carbocycles. The highest BCUT2D eigenvalue weighted by Gasteiger charge is 2.34. The van der Waals surface area contributed by atoms with Gasteiger partial charge in [-0.3, -0.25) is 14.4 Å². The van der Waals surface area contributed by atoms with Gasteiger partial charge in [-0.2, -0.15) is 13.2 Å². The molecule has 5 aromatic rings. The van der Waals surface area contributed by atoms with Gasteiger partial charge < -0.3 is 16.0 Å². The molecule has 1 atom stereocenters. The van der Waals surface area contributed by atoms with Crippen molar-refractivity contribution in [1.29, 1.82) is 0 Å². The topological polar surface area (TPSA) is 87.3 Å². The molecule has 0 saturated heterocycles. The van der Waals surface area contributed by atoms with E-state index in [0.29, 0.717) is 22.6 Å². The molecule has 238 valence electrons. The second-order valence-corrected chi connectivity index (χ2v) is 11.8. The largest absolute Gasteiger partial charge is 0.418 e. The van der Waals surface area contributed by atoms with Crippen LogP contribution >= 0.6 is 11.8 Å². The number of para-hydroxylation sites is 1. The summed E-state index contributed by atoms with van der Waals surface area (Å²) in [5.41, 5.74) is 0.287. The van der Waals surface area contributed by atoms with Gasteiger partial charge in [0.1, 0.15) is 5.70 Å². The lowest BCUT2D eigenvalue weighted by atomic mass is 10.0. The van der Waals surface area contributed by atoms with Gasteiger partial charge >= 0.3 is 6.18 Å². The standard InChI is InChI=1S/C37H30F3N3O3S/c1-2-33(36(46)42-31-21-9-8-20-30(31)37(38,39)40)47-28-18-11-17-27(23-28)41-35(45)32(43-34(44)25-13-4-3-5-14-25)22-26-16-10-15-24-12-6-7-19-29(24)26/h3-23,33H,2H2,1H3,(H,41,45)(H,42,46)(H,43,44)/b32-22+. The van der Waals surface area contributed by atoms with Crippen molar-refractivity contribution in [3.05, 3.63) is 144 Å². The number of carbonyl (C=O) groups is 3. The van der Waals surface area contributed by atoms with Crippen LogP contribution < -0.4 is 16.0 Å². The zero-order chi connectivity index (χ0) is 33.4. The summed E-state index contributed by atoms with van der Waals surface area (Å²) in [6, 6.07) is 33.5. The Morgan fingerprint density at radius 3 is 2.23 bits per heavy atom. The number of hydrogen-bond acceptors (Lipinski definition) is 4. The van der Waals surface area contributed by atoms with Crippen LogP contribution in [0.15, 0.2) is 132 Å². The van der Waals surface area contributed by atoms with E-state index in [1.165, 1.54) is 18.2 Å². The average molecular weight is 654 g/mol. The third-order valence-electron chi connectivity index (χ3n) is 7.18. The first-order valence-electron chi connectivity index (χ1n) is 14.7. The van der Waals surface area contributed by atoms with E-state index in [4.69, 9.17) is 0 Å². The number of carbonyl (C=O) groups excluding carboxylic acids is 3. The van der Waals surface area contributed by atoms with Crippen LogP contribution in [-0.2, 0) is 15.8 Å². The SMILES string of the molecule is CCC(Sc1cccc(NC(=O)/C(=C\c2cccc3ccccc23)NC(=O)c2ccccc2)c1)C(=O)Nc1ccccc1C(F)(F)F. The number of halogens is 3. The van der Waals surface area contributed by atoms with Crippen molar-refractivity contribution in [2.75, 3.05) is 10.6 Å². The van der Waals surface area contributed by atoms with Crippen molar-refractivity contribution in [3.63, 3.8) is 0 Å². The highest BCUT2D eigenvalue weighted by molar-refractivity contribution is 8.00. The monoisotopic (exact) mass is 653 g/mol. The van der Waals surface area contributed by atoms with E-state index >= 15 is 0 Å². The van der Waals surface area contributed by atoms with Gasteiger partial charge in [-0.25, -0.2) is 0 Å². The lowest BCUT2D eigenvalue weighted by Gasteiger charge is -2.18. The molecule has 5 aromatic carbocycles. The van der Waals surface area contributed by atoms with E-state index in [2.05, 4.69) is 16.0 Å².